The molecule has 3 rings (SSSR count). The first kappa shape index (κ1) is 16.8. The molecule has 0 radical (unpaired) electrons. The van der Waals surface area contributed by atoms with Gasteiger partial charge in [0.15, 0.2) is 5.96 Å². The maximum Gasteiger partial charge on any atom is 0.191 e. The van der Waals surface area contributed by atoms with Gasteiger partial charge in [-0.05, 0) is 18.6 Å². The minimum absolute atomic E-state index is 0.118. The molecule has 1 aliphatic carbocycles. The molecular formula is C18H27N5O. The van der Waals surface area contributed by atoms with Gasteiger partial charge in [-0.2, -0.15) is 0 Å². The number of rotatable bonds is 5. The quantitative estimate of drug-likeness (QED) is 0.651. The van der Waals surface area contributed by atoms with Crippen molar-refractivity contribution in [3.8, 4) is 0 Å². The Morgan fingerprint density at radius 2 is 2.21 bits per heavy atom. The van der Waals surface area contributed by atoms with E-state index < -0.39 is 0 Å². The van der Waals surface area contributed by atoms with Crippen molar-refractivity contribution >= 4 is 17.0 Å². The third-order valence-electron chi connectivity index (χ3n) is 5.17. The zero-order valence-electron chi connectivity index (χ0n) is 14.9. The molecule has 0 aliphatic heterocycles. The first-order valence-electron chi connectivity index (χ1n) is 8.46. The zero-order valence-corrected chi connectivity index (χ0v) is 14.9. The number of guanidine groups is 1. The van der Waals surface area contributed by atoms with Gasteiger partial charge in [-0.1, -0.05) is 26.0 Å². The van der Waals surface area contributed by atoms with Gasteiger partial charge in [-0.3, -0.25) is 4.99 Å². The Hall–Kier alpha value is -2.08. The van der Waals surface area contributed by atoms with Crippen LogP contribution in [0.1, 0.15) is 20.3 Å². The molecule has 2 N–H and O–H groups in total. The highest BCUT2D eigenvalue weighted by atomic mass is 16.5. The Labute approximate surface area is 143 Å². The van der Waals surface area contributed by atoms with E-state index in [-0.39, 0.29) is 5.41 Å². The molecular weight excluding hydrogens is 302 g/mol. The lowest BCUT2D eigenvalue weighted by Gasteiger charge is -2.51. The van der Waals surface area contributed by atoms with Crippen LogP contribution in [-0.4, -0.2) is 48.4 Å². The van der Waals surface area contributed by atoms with Crippen LogP contribution in [-0.2, 0) is 11.3 Å². The number of imidazole rings is 1. The molecule has 1 heterocycles. The summed E-state index contributed by atoms with van der Waals surface area (Å²) in [5.41, 5.74) is 2.31. The molecule has 0 saturated heterocycles. The minimum atomic E-state index is 0.118. The van der Waals surface area contributed by atoms with Crippen molar-refractivity contribution in [2.75, 3.05) is 20.7 Å². The highest BCUT2D eigenvalue weighted by Crippen LogP contribution is 2.42. The lowest BCUT2D eigenvalue weighted by Crippen LogP contribution is -2.63. The van der Waals surface area contributed by atoms with Crippen molar-refractivity contribution in [1.82, 2.24) is 20.2 Å². The van der Waals surface area contributed by atoms with Crippen LogP contribution in [0.25, 0.3) is 11.0 Å². The Morgan fingerprint density at radius 3 is 2.92 bits per heavy atom. The molecule has 1 aliphatic rings. The molecule has 1 aromatic carbocycles. The fourth-order valence-electron chi connectivity index (χ4n) is 3.37. The van der Waals surface area contributed by atoms with E-state index in [9.17, 15) is 0 Å². The molecule has 6 heteroatoms. The van der Waals surface area contributed by atoms with Crippen LogP contribution in [0.3, 0.4) is 0 Å². The van der Waals surface area contributed by atoms with E-state index in [1.165, 1.54) is 0 Å². The maximum atomic E-state index is 5.51. The van der Waals surface area contributed by atoms with Gasteiger partial charge in [-0.15, -0.1) is 0 Å². The molecule has 1 fully saturated rings. The first-order valence-corrected chi connectivity index (χ1v) is 8.46. The topological polar surface area (TPSA) is 63.5 Å². The third-order valence-corrected chi connectivity index (χ3v) is 5.17. The van der Waals surface area contributed by atoms with Crippen molar-refractivity contribution in [3.63, 3.8) is 0 Å². The van der Waals surface area contributed by atoms with Crippen molar-refractivity contribution in [1.29, 1.82) is 0 Å². The molecule has 1 saturated carbocycles. The van der Waals surface area contributed by atoms with Gasteiger partial charge in [0.25, 0.3) is 0 Å². The molecule has 0 amide bonds. The number of aliphatic imine (C=N–C) groups is 1. The van der Waals surface area contributed by atoms with Gasteiger partial charge in [0.2, 0.25) is 0 Å². The van der Waals surface area contributed by atoms with Crippen molar-refractivity contribution < 1.29 is 4.74 Å². The normalized spacial score (nSPS) is 23.1. The number of fused-ring (bicyclic) bond motifs is 1. The van der Waals surface area contributed by atoms with Gasteiger partial charge in [0.05, 0.1) is 23.5 Å². The lowest BCUT2D eigenvalue weighted by molar-refractivity contribution is -0.0922. The second kappa shape index (κ2) is 6.81. The standard InChI is InChI=1S/C18H27N5O/c1-18(2)15(11-16(18)24-4)22-17(19-3)20-9-10-23-12-21-13-7-5-6-8-14(13)23/h5-8,12,15-16H,9-11H2,1-4H3,(H2,19,20,22). The molecule has 2 aromatic rings. The SMILES string of the molecule is CN=C(NCCn1cnc2ccccc21)NC1CC(OC)C1(C)C. The second-order valence-electron chi connectivity index (χ2n) is 6.90. The number of nitrogens with one attached hydrogen (secondary N) is 2. The van der Waals surface area contributed by atoms with Crippen LogP contribution in [0.2, 0.25) is 0 Å². The first-order chi connectivity index (χ1) is 11.6. The number of nitrogens with zero attached hydrogens (tertiary/aromatic N) is 3. The number of hydrogen-bond acceptors (Lipinski definition) is 3. The summed E-state index contributed by atoms with van der Waals surface area (Å²) < 4.78 is 7.66. The lowest BCUT2D eigenvalue weighted by atomic mass is 9.64. The zero-order chi connectivity index (χ0) is 17.2. The second-order valence-corrected chi connectivity index (χ2v) is 6.90. The van der Waals surface area contributed by atoms with Gasteiger partial charge in [-0.25, -0.2) is 4.98 Å². The van der Waals surface area contributed by atoms with Gasteiger partial charge >= 0.3 is 0 Å². The molecule has 24 heavy (non-hydrogen) atoms. The summed E-state index contributed by atoms with van der Waals surface area (Å²) in [7, 11) is 3.59. The van der Waals surface area contributed by atoms with Crippen molar-refractivity contribution in [3.05, 3.63) is 30.6 Å². The third kappa shape index (κ3) is 3.11. The van der Waals surface area contributed by atoms with Gasteiger partial charge in [0, 0.05) is 38.7 Å². The fourth-order valence-corrected chi connectivity index (χ4v) is 3.37. The van der Waals surface area contributed by atoms with Crippen molar-refractivity contribution in [2.24, 2.45) is 10.4 Å². The van der Waals surface area contributed by atoms with Gasteiger partial charge in [0.1, 0.15) is 0 Å². The number of aromatic nitrogens is 2. The average Bonchev–Trinajstić information content (AvgIpc) is 2.99. The summed E-state index contributed by atoms with van der Waals surface area (Å²) in [6.07, 6.45) is 3.21. The molecule has 130 valence electrons. The van der Waals surface area contributed by atoms with E-state index >= 15 is 0 Å². The molecule has 2 unspecified atom stereocenters. The molecule has 0 spiro atoms. The molecule has 2 atom stereocenters. The average molecular weight is 329 g/mol. The highest BCUT2D eigenvalue weighted by Gasteiger charge is 2.48. The summed E-state index contributed by atoms with van der Waals surface area (Å²) >= 11 is 0. The number of ether oxygens (including phenoxy) is 1. The number of benzene rings is 1. The number of para-hydroxylation sites is 2. The maximum absolute atomic E-state index is 5.51. The smallest absolute Gasteiger partial charge is 0.191 e. The van der Waals surface area contributed by atoms with E-state index in [2.05, 4.69) is 45.1 Å². The Morgan fingerprint density at radius 1 is 1.42 bits per heavy atom. The number of methoxy groups -OCH3 is 1. The Bertz CT molecular complexity index is 721. The summed E-state index contributed by atoms with van der Waals surface area (Å²) in [6, 6.07) is 8.56. The summed E-state index contributed by atoms with van der Waals surface area (Å²) in [6.45, 7) is 6.09. The van der Waals surface area contributed by atoms with Crippen LogP contribution >= 0.6 is 0 Å². The van der Waals surface area contributed by atoms with E-state index in [0.29, 0.717) is 12.1 Å². The van der Waals surface area contributed by atoms with Crippen LogP contribution in [0.15, 0.2) is 35.6 Å². The highest BCUT2D eigenvalue weighted by molar-refractivity contribution is 5.80. The van der Waals surface area contributed by atoms with Gasteiger partial charge < -0.3 is 19.9 Å². The monoisotopic (exact) mass is 329 g/mol. The Balaban J connectivity index is 1.52. The van der Waals surface area contributed by atoms with E-state index in [1.807, 2.05) is 24.5 Å². The summed E-state index contributed by atoms with van der Waals surface area (Å²) in [5, 5.41) is 6.90. The van der Waals surface area contributed by atoms with Crippen LogP contribution < -0.4 is 10.6 Å². The van der Waals surface area contributed by atoms with E-state index in [1.54, 1.807) is 14.2 Å². The number of hydrogen-bond donors (Lipinski definition) is 2. The summed E-state index contributed by atoms with van der Waals surface area (Å²) in [4.78, 5) is 8.76. The molecule has 1 aromatic heterocycles. The van der Waals surface area contributed by atoms with Crippen LogP contribution in [0, 0.1) is 5.41 Å². The predicted molar refractivity (Wildman–Crippen MR) is 97.2 cm³/mol. The molecule has 0 bridgehead atoms. The largest absolute Gasteiger partial charge is 0.381 e. The molecule has 6 nitrogen and oxygen atoms in total. The fraction of sp³-hybridized carbons (Fsp3) is 0.556. The Kier molecular flexibility index (Phi) is 4.76. The van der Waals surface area contributed by atoms with E-state index in [0.717, 1.165) is 36.5 Å². The van der Waals surface area contributed by atoms with Crippen molar-refractivity contribution in [2.45, 2.75) is 39.0 Å². The predicted octanol–water partition coefficient (Wildman–Crippen LogP) is 2.01. The van der Waals surface area contributed by atoms with Crippen LogP contribution in [0.4, 0.5) is 0 Å². The van der Waals surface area contributed by atoms with Crippen LogP contribution in [0.5, 0.6) is 0 Å². The minimum Gasteiger partial charge on any atom is -0.381 e. The summed E-state index contributed by atoms with van der Waals surface area (Å²) in [5.74, 6) is 0.840. The van der Waals surface area contributed by atoms with E-state index in [4.69, 9.17) is 4.74 Å².